The summed E-state index contributed by atoms with van der Waals surface area (Å²) < 4.78 is 2.25. The first-order chi connectivity index (χ1) is 11.4. The Morgan fingerprint density at radius 3 is 2.65 bits per heavy atom. The highest BCUT2D eigenvalue weighted by Gasteiger charge is 2.21. The molecule has 0 amide bonds. The molecule has 0 saturated carbocycles. The fourth-order valence-electron chi connectivity index (χ4n) is 3.34. The molecule has 2 aliphatic heterocycles. The second-order valence-electron chi connectivity index (χ2n) is 5.82. The lowest BCUT2D eigenvalue weighted by atomic mass is 10.1. The zero-order valence-electron chi connectivity index (χ0n) is 12.6. The van der Waals surface area contributed by atoms with Crippen LogP contribution in [0, 0.1) is 0 Å². The molecule has 2 aliphatic rings. The number of hydrogen-bond acceptors (Lipinski definition) is 1. The quantitative estimate of drug-likeness (QED) is 0.556. The summed E-state index contributed by atoms with van der Waals surface area (Å²) in [4.78, 5) is 2.25. The third-order valence-corrected chi connectivity index (χ3v) is 4.48. The number of benzene rings is 2. The van der Waals surface area contributed by atoms with Crippen LogP contribution in [-0.2, 0) is 0 Å². The van der Waals surface area contributed by atoms with Crippen molar-refractivity contribution in [2.75, 3.05) is 4.90 Å². The molecule has 0 aliphatic carbocycles. The number of aromatic nitrogens is 1. The van der Waals surface area contributed by atoms with Crippen LogP contribution >= 0.6 is 0 Å². The topological polar surface area (TPSA) is 7.12 Å². The number of para-hydroxylation sites is 2. The van der Waals surface area contributed by atoms with Gasteiger partial charge in [-0.05, 0) is 29.8 Å². The summed E-state index contributed by atoms with van der Waals surface area (Å²) in [6.07, 6.45) is 10.9. The summed E-state index contributed by atoms with van der Waals surface area (Å²) in [5.41, 5.74) is 6.04. The number of allylic oxidation sites excluding steroid dienone is 1. The summed E-state index contributed by atoms with van der Waals surface area (Å²) in [5.74, 6) is 0. The Bertz CT molecular complexity index is 1020. The standard InChI is InChI=1S/C21H15N2/c1-3-7-20-16(5-1)9-11-18-15-19-12-10-17-6-2-4-8-21(17)23(19)14-13-22(18)20/h1-15H/q+1. The molecular weight excluding hydrogens is 280 g/mol. The predicted molar refractivity (Wildman–Crippen MR) is 95.4 cm³/mol. The van der Waals surface area contributed by atoms with Crippen molar-refractivity contribution < 1.29 is 4.57 Å². The van der Waals surface area contributed by atoms with Gasteiger partial charge in [0.25, 0.3) is 0 Å². The van der Waals surface area contributed by atoms with E-state index in [2.05, 4.69) is 101 Å². The van der Waals surface area contributed by atoms with Gasteiger partial charge in [-0.15, -0.1) is 0 Å². The Labute approximate surface area is 134 Å². The Balaban J connectivity index is 1.77. The van der Waals surface area contributed by atoms with Crippen LogP contribution in [0.3, 0.4) is 0 Å². The zero-order chi connectivity index (χ0) is 15.2. The van der Waals surface area contributed by atoms with E-state index in [4.69, 9.17) is 0 Å². The lowest BCUT2D eigenvalue weighted by Gasteiger charge is -2.25. The minimum absolute atomic E-state index is 1.18. The lowest BCUT2D eigenvalue weighted by Crippen LogP contribution is -2.30. The van der Waals surface area contributed by atoms with Crippen LogP contribution in [0.1, 0.15) is 11.3 Å². The van der Waals surface area contributed by atoms with Gasteiger partial charge in [0.15, 0.2) is 6.20 Å². The number of hydrogen-bond donors (Lipinski definition) is 0. The highest BCUT2D eigenvalue weighted by atomic mass is 15.2. The van der Waals surface area contributed by atoms with Gasteiger partial charge < -0.3 is 4.90 Å². The van der Waals surface area contributed by atoms with Gasteiger partial charge in [-0.3, -0.25) is 0 Å². The van der Waals surface area contributed by atoms with Gasteiger partial charge in [0, 0.05) is 23.6 Å². The van der Waals surface area contributed by atoms with E-state index in [0.717, 1.165) is 0 Å². The average molecular weight is 295 g/mol. The third kappa shape index (κ3) is 1.85. The van der Waals surface area contributed by atoms with Crippen LogP contribution in [0.4, 0.5) is 5.69 Å². The van der Waals surface area contributed by atoms with Crippen molar-refractivity contribution >= 4 is 34.9 Å². The van der Waals surface area contributed by atoms with Crippen LogP contribution in [0.15, 0.2) is 78.6 Å². The molecule has 0 atom stereocenters. The number of fused-ring (bicyclic) bond motifs is 6. The molecular formula is C21H15N2+. The number of pyridine rings is 1. The van der Waals surface area contributed by atoms with Crippen LogP contribution in [-0.4, -0.2) is 0 Å². The van der Waals surface area contributed by atoms with E-state index in [1.54, 1.807) is 0 Å². The molecule has 3 aromatic rings. The van der Waals surface area contributed by atoms with Crippen molar-refractivity contribution in [3.8, 4) is 0 Å². The Kier molecular flexibility index (Phi) is 2.53. The maximum Gasteiger partial charge on any atom is 0.218 e. The van der Waals surface area contributed by atoms with E-state index >= 15 is 0 Å². The molecule has 0 saturated heterocycles. The molecule has 2 heteroatoms. The van der Waals surface area contributed by atoms with Crippen LogP contribution in [0.2, 0.25) is 0 Å². The van der Waals surface area contributed by atoms with E-state index in [9.17, 15) is 0 Å². The predicted octanol–water partition coefficient (Wildman–Crippen LogP) is 4.44. The smallest absolute Gasteiger partial charge is 0.218 e. The van der Waals surface area contributed by atoms with Gasteiger partial charge in [0.1, 0.15) is 0 Å². The van der Waals surface area contributed by atoms with Gasteiger partial charge in [0.05, 0.1) is 17.6 Å². The molecule has 0 spiro atoms. The molecule has 108 valence electrons. The van der Waals surface area contributed by atoms with E-state index in [1.165, 1.54) is 33.5 Å². The minimum atomic E-state index is 1.18. The molecule has 2 aromatic carbocycles. The fraction of sp³-hybridized carbons (Fsp3) is 0. The summed E-state index contributed by atoms with van der Waals surface area (Å²) in [7, 11) is 0. The lowest BCUT2D eigenvalue weighted by molar-refractivity contribution is -0.541. The molecule has 2 nitrogen and oxygen atoms in total. The first-order valence-electron chi connectivity index (χ1n) is 7.80. The van der Waals surface area contributed by atoms with E-state index in [0.29, 0.717) is 0 Å². The Morgan fingerprint density at radius 2 is 1.65 bits per heavy atom. The zero-order valence-corrected chi connectivity index (χ0v) is 12.6. The molecule has 23 heavy (non-hydrogen) atoms. The van der Waals surface area contributed by atoms with E-state index in [1.807, 2.05) is 0 Å². The second kappa shape index (κ2) is 4.68. The summed E-state index contributed by atoms with van der Waals surface area (Å²) in [6, 6.07) is 21.3. The van der Waals surface area contributed by atoms with Crippen molar-refractivity contribution in [3.63, 3.8) is 0 Å². The summed E-state index contributed by atoms with van der Waals surface area (Å²) in [5, 5.41) is 1.25. The third-order valence-electron chi connectivity index (χ3n) is 4.48. The van der Waals surface area contributed by atoms with Crippen molar-refractivity contribution in [1.29, 1.82) is 0 Å². The van der Waals surface area contributed by atoms with Gasteiger partial charge in [-0.25, -0.2) is 0 Å². The van der Waals surface area contributed by atoms with Crippen molar-refractivity contribution in [2.45, 2.75) is 0 Å². The fourth-order valence-corrected chi connectivity index (χ4v) is 3.34. The molecule has 0 radical (unpaired) electrons. The van der Waals surface area contributed by atoms with Gasteiger partial charge in [-0.2, -0.15) is 4.57 Å². The van der Waals surface area contributed by atoms with Crippen LogP contribution in [0.25, 0.3) is 29.3 Å². The Morgan fingerprint density at radius 1 is 0.783 bits per heavy atom. The van der Waals surface area contributed by atoms with Gasteiger partial charge in [0.2, 0.25) is 11.2 Å². The largest absolute Gasteiger partial charge is 0.310 e. The van der Waals surface area contributed by atoms with E-state index in [-0.39, 0.29) is 0 Å². The molecule has 5 rings (SSSR count). The van der Waals surface area contributed by atoms with Crippen LogP contribution < -0.4 is 9.47 Å². The summed E-state index contributed by atoms with van der Waals surface area (Å²) >= 11 is 0. The molecule has 0 bridgehead atoms. The minimum Gasteiger partial charge on any atom is -0.310 e. The molecule has 0 fully saturated rings. The van der Waals surface area contributed by atoms with Crippen LogP contribution in [0.5, 0.6) is 0 Å². The number of anilines is 1. The maximum atomic E-state index is 2.25. The first kappa shape index (κ1) is 12.4. The Hall–Kier alpha value is -3.13. The second-order valence-corrected chi connectivity index (χ2v) is 5.82. The first-order valence-corrected chi connectivity index (χ1v) is 7.80. The van der Waals surface area contributed by atoms with Crippen molar-refractivity contribution in [3.05, 3.63) is 89.9 Å². The highest BCUT2D eigenvalue weighted by molar-refractivity contribution is 5.83. The van der Waals surface area contributed by atoms with Gasteiger partial charge in [-0.1, -0.05) is 36.4 Å². The van der Waals surface area contributed by atoms with Crippen molar-refractivity contribution in [2.24, 2.45) is 0 Å². The SMILES string of the molecule is C1=Cc2ccccc2N2C=C[n+]3c(ccc4ccccc43)C=C12. The molecule has 1 aromatic heterocycles. The van der Waals surface area contributed by atoms with Gasteiger partial charge >= 0.3 is 0 Å². The normalized spacial score (nSPS) is 14.8. The maximum absolute atomic E-state index is 2.25. The number of rotatable bonds is 0. The average Bonchev–Trinajstić information content (AvgIpc) is 2.81. The van der Waals surface area contributed by atoms with Crippen molar-refractivity contribution in [1.82, 2.24) is 0 Å². The summed E-state index contributed by atoms with van der Waals surface area (Å²) in [6.45, 7) is 0. The molecule has 0 unspecified atom stereocenters. The highest BCUT2D eigenvalue weighted by Crippen LogP contribution is 2.32. The molecule has 3 heterocycles. The molecule has 0 N–H and O–H groups in total. The number of nitrogens with zero attached hydrogens (tertiary/aromatic N) is 2. The van der Waals surface area contributed by atoms with E-state index < -0.39 is 0 Å². The monoisotopic (exact) mass is 295 g/mol.